The van der Waals surface area contributed by atoms with Gasteiger partial charge in [-0.05, 0) is 27.7 Å². The van der Waals surface area contributed by atoms with Crippen LogP contribution in [-0.4, -0.2) is 28.3 Å². The number of nitrogens with zero attached hydrogens (tertiary/aromatic N) is 2. The minimum atomic E-state index is -0.584. The predicted octanol–water partition coefficient (Wildman–Crippen LogP) is 2.86. The molecule has 0 fully saturated rings. The van der Waals surface area contributed by atoms with Gasteiger partial charge in [-0.3, -0.25) is 9.69 Å². The zero-order valence-corrected chi connectivity index (χ0v) is 14.4. The molecule has 22 heavy (non-hydrogen) atoms. The van der Waals surface area contributed by atoms with Crippen molar-refractivity contribution in [3.05, 3.63) is 26.6 Å². The van der Waals surface area contributed by atoms with Crippen molar-refractivity contribution in [1.82, 2.24) is 9.47 Å². The maximum atomic E-state index is 12.4. The maximum Gasteiger partial charge on any atom is 0.411 e. The normalized spacial score (nSPS) is 17.4. The van der Waals surface area contributed by atoms with Crippen LogP contribution >= 0.6 is 11.6 Å². The molecule has 1 unspecified atom stereocenters. The van der Waals surface area contributed by atoms with E-state index in [0.717, 1.165) is 5.56 Å². The van der Waals surface area contributed by atoms with Crippen LogP contribution in [0.25, 0.3) is 0 Å². The standard InChI is InChI=1S/C15H21ClN2O4/c1-8-10-9(7-18(8)14(20)22-15(2,3)4)17(5)13(19)11(16)12(10)21-6/h8H,7H2,1-6H3. The smallest absolute Gasteiger partial charge is 0.411 e. The lowest BCUT2D eigenvalue weighted by Crippen LogP contribution is -2.35. The van der Waals surface area contributed by atoms with Crippen LogP contribution in [0.15, 0.2) is 4.79 Å². The molecule has 1 aromatic heterocycles. The first-order valence-corrected chi connectivity index (χ1v) is 7.41. The van der Waals surface area contributed by atoms with Gasteiger partial charge in [0.2, 0.25) is 0 Å². The Kier molecular flexibility index (Phi) is 4.17. The molecule has 6 nitrogen and oxygen atoms in total. The molecule has 1 amide bonds. The minimum Gasteiger partial charge on any atom is -0.495 e. The number of hydrogen-bond acceptors (Lipinski definition) is 4. The van der Waals surface area contributed by atoms with E-state index in [4.69, 9.17) is 21.1 Å². The molecule has 0 aromatic carbocycles. The minimum absolute atomic E-state index is 0.0293. The van der Waals surface area contributed by atoms with Gasteiger partial charge < -0.3 is 14.0 Å². The summed E-state index contributed by atoms with van der Waals surface area (Å²) in [5.41, 5.74) is 0.541. The number of hydrogen-bond donors (Lipinski definition) is 0. The van der Waals surface area contributed by atoms with E-state index in [1.54, 1.807) is 11.9 Å². The first-order chi connectivity index (χ1) is 10.1. The fraction of sp³-hybridized carbons (Fsp3) is 0.600. The number of carbonyl (C=O) groups is 1. The highest BCUT2D eigenvalue weighted by Crippen LogP contribution is 2.41. The number of aromatic nitrogens is 1. The van der Waals surface area contributed by atoms with Crippen LogP contribution in [0, 0.1) is 0 Å². The average Bonchev–Trinajstić information content (AvgIpc) is 2.73. The number of pyridine rings is 1. The van der Waals surface area contributed by atoms with E-state index in [2.05, 4.69) is 0 Å². The third kappa shape index (κ3) is 2.67. The molecule has 1 aromatic rings. The summed E-state index contributed by atoms with van der Waals surface area (Å²) in [5, 5.41) is 0.0293. The lowest BCUT2D eigenvalue weighted by molar-refractivity contribution is 0.0185. The van der Waals surface area contributed by atoms with E-state index in [9.17, 15) is 9.59 Å². The molecule has 0 aliphatic carbocycles. The van der Waals surface area contributed by atoms with Crippen LogP contribution in [-0.2, 0) is 18.3 Å². The average molecular weight is 329 g/mol. The van der Waals surface area contributed by atoms with Crippen molar-refractivity contribution >= 4 is 17.7 Å². The number of ether oxygens (including phenoxy) is 2. The summed E-state index contributed by atoms with van der Waals surface area (Å²) in [5.74, 6) is 0.332. The summed E-state index contributed by atoms with van der Waals surface area (Å²) in [6, 6.07) is -0.288. The molecule has 7 heteroatoms. The molecule has 1 aliphatic heterocycles. The molecule has 0 saturated carbocycles. The van der Waals surface area contributed by atoms with Crippen molar-refractivity contribution in [2.75, 3.05) is 7.11 Å². The highest BCUT2D eigenvalue weighted by atomic mass is 35.5. The Hall–Kier alpha value is -1.69. The quantitative estimate of drug-likeness (QED) is 0.795. The van der Waals surface area contributed by atoms with Crippen molar-refractivity contribution in [3.8, 4) is 5.75 Å². The summed E-state index contributed by atoms with van der Waals surface area (Å²) < 4.78 is 12.2. The largest absolute Gasteiger partial charge is 0.495 e. The third-order valence-electron chi connectivity index (χ3n) is 3.69. The summed E-state index contributed by atoms with van der Waals surface area (Å²) in [7, 11) is 3.10. The van der Waals surface area contributed by atoms with Crippen molar-refractivity contribution in [2.24, 2.45) is 7.05 Å². The van der Waals surface area contributed by atoms with Gasteiger partial charge in [0, 0.05) is 18.3 Å². The Morgan fingerprint density at radius 2 is 1.95 bits per heavy atom. The van der Waals surface area contributed by atoms with Gasteiger partial charge in [-0.2, -0.15) is 0 Å². The second kappa shape index (κ2) is 5.50. The molecule has 2 rings (SSSR count). The van der Waals surface area contributed by atoms with Crippen molar-refractivity contribution in [1.29, 1.82) is 0 Å². The summed E-state index contributed by atoms with van der Waals surface area (Å²) in [6.07, 6.45) is -0.429. The van der Waals surface area contributed by atoms with Crippen molar-refractivity contribution in [3.63, 3.8) is 0 Å². The summed E-state index contributed by atoms with van der Waals surface area (Å²) in [6.45, 7) is 7.58. The number of carbonyl (C=O) groups excluding carboxylic acids is 1. The number of methoxy groups -OCH3 is 1. The van der Waals surface area contributed by atoms with Gasteiger partial charge in [0.1, 0.15) is 16.4 Å². The molecule has 0 radical (unpaired) electrons. The number of amides is 1. The highest BCUT2D eigenvalue weighted by molar-refractivity contribution is 6.32. The van der Waals surface area contributed by atoms with Gasteiger partial charge in [-0.25, -0.2) is 4.79 Å². The number of halogens is 1. The van der Waals surface area contributed by atoms with Crippen molar-refractivity contribution in [2.45, 2.75) is 45.9 Å². The zero-order valence-electron chi connectivity index (χ0n) is 13.7. The van der Waals surface area contributed by atoms with E-state index in [1.165, 1.54) is 11.7 Å². The van der Waals surface area contributed by atoms with E-state index < -0.39 is 11.7 Å². The fourth-order valence-corrected chi connectivity index (χ4v) is 2.92. The molecular weight excluding hydrogens is 308 g/mol. The predicted molar refractivity (Wildman–Crippen MR) is 83.4 cm³/mol. The number of rotatable bonds is 1. The molecule has 1 atom stereocenters. The second-order valence-corrected chi connectivity index (χ2v) is 6.73. The molecular formula is C15H21ClN2O4. The molecule has 0 saturated heterocycles. The summed E-state index contributed by atoms with van der Waals surface area (Å²) >= 11 is 6.09. The van der Waals surface area contributed by atoms with Gasteiger partial charge in [0.05, 0.1) is 19.7 Å². The van der Waals surface area contributed by atoms with E-state index in [0.29, 0.717) is 11.4 Å². The second-order valence-electron chi connectivity index (χ2n) is 6.36. The van der Waals surface area contributed by atoms with Crippen LogP contribution in [0.1, 0.15) is 45.0 Å². The first-order valence-electron chi connectivity index (χ1n) is 7.03. The van der Waals surface area contributed by atoms with Crippen LogP contribution in [0.3, 0.4) is 0 Å². The lowest BCUT2D eigenvalue weighted by Gasteiger charge is -2.27. The van der Waals surface area contributed by atoms with Crippen LogP contribution in [0.4, 0.5) is 4.79 Å². The molecule has 1 aliphatic rings. The fourth-order valence-electron chi connectivity index (χ4n) is 2.62. The Morgan fingerprint density at radius 3 is 2.45 bits per heavy atom. The van der Waals surface area contributed by atoms with Crippen LogP contribution in [0.2, 0.25) is 5.02 Å². The third-order valence-corrected chi connectivity index (χ3v) is 4.02. The monoisotopic (exact) mass is 328 g/mol. The Labute approximate surface area is 134 Å². The molecule has 2 heterocycles. The molecule has 0 N–H and O–H groups in total. The van der Waals surface area contributed by atoms with Crippen molar-refractivity contribution < 1.29 is 14.3 Å². The van der Waals surface area contributed by atoms with Gasteiger partial charge in [-0.1, -0.05) is 11.6 Å². The van der Waals surface area contributed by atoms with Crippen LogP contribution < -0.4 is 10.3 Å². The lowest BCUT2D eigenvalue weighted by atomic mass is 10.1. The first kappa shape index (κ1) is 16.7. The molecule has 0 spiro atoms. The highest BCUT2D eigenvalue weighted by Gasteiger charge is 2.38. The SMILES string of the molecule is COc1c2c(n(C)c(=O)c1Cl)CN(C(=O)OC(C)(C)C)C2C. The molecule has 122 valence electrons. The van der Waals surface area contributed by atoms with Gasteiger partial charge in [-0.15, -0.1) is 0 Å². The molecule has 0 bridgehead atoms. The Morgan fingerprint density at radius 1 is 1.36 bits per heavy atom. The zero-order chi connectivity index (χ0) is 16.8. The Balaban J connectivity index is 2.48. The van der Waals surface area contributed by atoms with E-state index in [1.807, 2.05) is 27.7 Å². The van der Waals surface area contributed by atoms with Gasteiger partial charge in [0.15, 0.2) is 0 Å². The van der Waals surface area contributed by atoms with E-state index >= 15 is 0 Å². The number of fused-ring (bicyclic) bond motifs is 1. The topological polar surface area (TPSA) is 60.8 Å². The maximum absolute atomic E-state index is 12.4. The van der Waals surface area contributed by atoms with Gasteiger partial charge >= 0.3 is 6.09 Å². The summed E-state index contributed by atoms with van der Waals surface area (Å²) in [4.78, 5) is 26.1. The van der Waals surface area contributed by atoms with Gasteiger partial charge in [0.25, 0.3) is 5.56 Å². The van der Waals surface area contributed by atoms with Crippen LogP contribution in [0.5, 0.6) is 5.75 Å². The Bertz CT molecular complexity index is 676. The van der Waals surface area contributed by atoms with E-state index in [-0.39, 0.29) is 23.2 Å².